The molecule has 0 radical (unpaired) electrons. The molecule has 0 heterocycles. The van der Waals surface area contributed by atoms with Crippen LogP contribution in [0.25, 0.3) is 0 Å². The van der Waals surface area contributed by atoms with Gasteiger partial charge < -0.3 is 10.0 Å². The number of rotatable bonds is 5. The highest BCUT2D eigenvalue weighted by molar-refractivity contribution is 7.86. The molecule has 124 valence electrons. The Balaban J connectivity index is 0. The molecule has 0 aliphatic carbocycles. The molecule has 5 nitrogen and oxygen atoms in total. The molecule has 0 saturated carbocycles. The second-order valence-corrected chi connectivity index (χ2v) is 5.29. The van der Waals surface area contributed by atoms with Gasteiger partial charge in [-0.1, -0.05) is 0 Å². The molecule has 0 aliphatic rings. The second-order valence-electron chi connectivity index (χ2n) is 3.79. The smallest absolute Gasteiger partial charge is 0.378 e. The number of halogens is 5. The van der Waals surface area contributed by atoms with Crippen molar-refractivity contribution in [2.24, 2.45) is 0 Å². The van der Waals surface area contributed by atoms with E-state index in [-0.39, 0.29) is 0 Å². The van der Waals surface area contributed by atoms with Gasteiger partial charge in [-0.25, -0.2) is 0 Å². The maximum absolute atomic E-state index is 12.0. The summed E-state index contributed by atoms with van der Waals surface area (Å²) in [5.41, 5.74) is 0. The molecular formula is C9H19F5NO4S+. The van der Waals surface area contributed by atoms with E-state index in [9.17, 15) is 30.4 Å². The first-order valence-corrected chi connectivity index (χ1v) is 7.12. The molecule has 0 rings (SSSR count). The van der Waals surface area contributed by atoms with Gasteiger partial charge in [0.05, 0.1) is 19.6 Å². The van der Waals surface area contributed by atoms with Gasteiger partial charge in [0, 0.05) is 0 Å². The number of aliphatic hydroxyl groups excluding tert-OH is 1. The number of nitrogens with one attached hydrogen (secondary N) is 1. The van der Waals surface area contributed by atoms with E-state index in [0.717, 1.165) is 0 Å². The van der Waals surface area contributed by atoms with Gasteiger partial charge in [-0.2, -0.15) is 30.4 Å². The Hall–Kier alpha value is -0.520. The SMILES string of the molecule is CC[NH+](CC)CC.O=S(=O)(O)C(F)(F)C(O)C(F)(F)F. The molecule has 0 bridgehead atoms. The van der Waals surface area contributed by atoms with Gasteiger partial charge in [0.1, 0.15) is 0 Å². The molecule has 3 N–H and O–H groups in total. The predicted octanol–water partition coefficient (Wildman–Crippen LogP) is 0.321. The first kappa shape index (κ1) is 21.8. The first-order chi connectivity index (χ1) is 8.75. The summed E-state index contributed by atoms with van der Waals surface area (Å²) in [5, 5.41) is 2.17. The Kier molecular flexibility index (Phi) is 8.77. The van der Waals surface area contributed by atoms with Crippen LogP contribution in [0.2, 0.25) is 0 Å². The summed E-state index contributed by atoms with van der Waals surface area (Å²) in [6, 6.07) is 0. The lowest BCUT2D eigenvalue weighted by Crippen LogP contribution is -3.11. The molecule has 0 aromatic rings. The van der Waals surface area contributed by atoms with E-state index in [1.54, 1.807) is 4.90 Å². The summed E-state index contributed by atoms with van der Waals surface area (Å²) in [5.74, 6) is 0. The quantitative estimate of drug-likeness (QED) is 0.500. The van der Waals surface area contributed by atoms with Crippen molar-refractivity contribution in [1.82, 2.24) is 0 Å². The summed E-state index contributed by atoms with van der Waals surface area (Å²) < 4.78 is 85.1. The third kappa shape index (κ3) is 6.77. The maximum Gasteiger partial charge on any atom is 0.421 e. The fourth-order valence-electron chi connectivity index (χ4n) is 1.08. The first-order valence-electron chi connectivity index (χ1n) is 5.68. The average molecular weight is 332 g/mol. The number of hydrogen-bond acceptors (Lipinski definition) is 3. The van der Waals surface area contributed by atoms with Crippen LogP contribution in [0.4, 0.5) is 22.0 Å². The van der Waals surface area contributed by atoms with Gasteiger partial charge >= 0.3 is 21.5 Å². The largest absolute Gasteiger partial charge is 0.421 e. The zero-order chi connectivity index (χ0) is 16.8. The molecule has 11 heteroatoms. The van der Waals surface area contributed by atoms with Crippen molar-refractivity contribution in [2.45, 2.75) is 38.3 Å². The van der Waals surface area contributed by atoms with Gasteiger partial charge in [-0.3, -0.25) is 4.55 Å². The van der Waals surface area contributed by atoms with Crippen LogP contribution in [-0.2, 0) is 10.1 Å². The molecule has 0 spiro atoms. The van der Waals surface area contributed by atoms with Gasteiger partial charge in [-0.05, 0) is 20.8 Å². The Bertz CT molecular complexity index is 362. The minimum absolute atomic E-state index is 1.27. The van der Waals surface area contributed by atoms with Crippen LogP contribution in [0.3, 0.4) is 0 Å². The van der Waals surface area contributed by atoms with E-state index >= 15 is 0 Å². The highest BCUT2D eigenvalue weighted by Crippen LogP contribution is 2.35. The fourth-order valence-corrected chi connectivity index (χ4v) is 1.50. The van der Waals surface area contributed by atoms with Crippen molar-refractivity contribution in [3.05, 3.63) is 0 Å². The lowest BCUT2D eigenvalue weighted by atomic mass is 10.4. The van der Waals surface area contributed by atoms with E-state index in [0.29, 0.717) is 0 Å². The summed E-state index contributed by atoms with van der Waals surface area (Å²) >= 11 is 0. The van der Waals surface area contributed by atoms with Crippen LogP contribution in [0.15, 0.2) is 0 Å². The van der Waals surface area contributed by atoms with Crippen molar-refractivity contribution in [3.63, 3.8) is 0 Å². The highest BCUT2D eigenvalue weighted by atomic mass is 32.2. The zero-order valence-corrected chi connectivity index (χ0v) is 12.0. The average Bonchev–Trinajstić information content (AvgIpc) is 2.28. The Morgan fingerprint density at radius 3 is 1.35 bits per heavy atom. The molecule has 1 atom stereocenters. The molecule has 0 fully saturated rings. The monoisotopic (exact) mass is 332 g/mol. The highest BCUT2D eigenvalue weighted by Gasteiger charge is 2.62. The van der Waals surface area contributed by atoms with Crippen molar-refractivity contribution in [1.29, 1.82) is 0 Å². The second kappa shape index (κ2) is 8.05. The minimum Gasteiger partial charge on any atom is -0.378 e. The van der Waals surface area contributed by atoms with Crippen molar-refractivity contribution in [3.8, 4) is 0 Å². The van der Waals surface area contributed by atoms with Crippen LogP contribution in [0.1, 0.15) is 20.8 Å². The van der Waals surface area contributed by atoms with E-state index < -0.39 is 27.7 Å². The van der Waals surface area contributed by atoms with Crippen molar-refractivity contribution >= 4 is 10.1 Å². The predicted molar refractivity (Wildman–Crippen MR) is 61.1 cm³/mol. The third-order valence-electron chi connectivity index (χ3n) is 2.47. The standard InChI is InChI=1S/C6H15N.C3H3F5O4S/c1-4-7(5-2)6-3;4-2(5,6)1(9)3(7,8)13(10,11)12/h4-6H2,1-3H3;1,9H,(H,10,11,12)/p+1. The molecule has 0 amide bonds. The van der Waals surface area contributed by atoms with E-state index in [1.807, 2.05) is 0 Å². The van der Waals surface area contributed by atoms with Crippen LogP contribution < -0.4 is 4.90 Å². The van der Waals surface area contributed by atoms with Crippen LogP contribution in [0, 0.1) is 0 Å². The molecule has 0 aliphatic heterocycles. The third-order valence-corrected chi connectivity index (χ3v) is 3.38. The summed E-state index contributed by atoms with van der Waals surface area (Å²) in [4.78, 5) is 1.68. The minimum atomic E-state index is -6.29. The molecular weight excluding hydrogens is 313 g/mol. The summed E-state index contributed by atoms with van der Waals surface area (Å²) in [7, 11) is -6.29. The summed E-state index contributed by atoms with van der Waals surface area (Å²) in [6.07, 6.45) is -10.3. The fraction of sp³-hybridized carbons (Fsp3) is 1.00. The Morgan fingerprint density at radius 1 is 1.00 bits per heavy atom. The molecule has 0 aromatic carbocycles. The molecule has 1 unspecified atom stereocenters. The topological polar surface area (TPSA) is 79.0 Å². The maximum atomic E-state index is 12.0. The van der Waals surface area contributed by atoms with E-state index in [4.69, 9.17) is 9.66 Å². The van der Waals surface area contributed by atoms with Crippen LogP contribution in [-0.4, -0.2) is 55.2 Å². The number of hydrogen-bond donors (Lipinski definition) is 3. The van der Waals surface area contributed by atoms with Crippen LogP contribution >= 0.6 is 0 Å². The number of quaternary nitrogens is 1. The van der Waals surface area contributed by atoms with E-state index in [1.165, 1.54) is 19.6 Å². The Morgan fingerprint density at radius 2 is 1.30 bits per heavy atom. The molecule has 0 aromatic heterocycles. The van der Waals surface area contributed by atoms with Gasteiger partial charge in [0.2, 0.25) is 6.10 Å². The van der Waals surface area contributed by atoms with Crippen LogP contribution in [0.5, 0.6) is 0 Å². The number of alkyl halides is 5. The van der Waals surface area contributed by atoms with Crippen molar-refractivity contribution < 1.29 is 44.9 Å². The summed E-state index contributed by atoms with van der Waals surface area (Å²) in [6.45, 7) is 10.5. The Labute approximate surface area is 114 Å². The molecule has 0 saturated heterocycles. The van der Waals surface area contributed by atoms with Gasteiger partial charge in [0.15, 0.2) is 0 Å². The zero-order valence-electron chi connectivity index (χ0n) is 11.2. The van der Waals surface area contributed by atoms with Gasteiger partial charge in [0.25, 0.3) is 0 Å². The normalized spacial score (nSPS) is 14.8. The molecule has 20 heavy (non-hydrogen) atoms. The number of aliphatic hydroxyl groups is 1. The lowest BCUT2D eigenvalue weighted by molar-refractivity contribution is -0.894. The lowest BCUT2D eigenvalue weighted by Gasteiger charge is -2.21. The van der Waals surface area contributed by atoms with E-state index in [2.05, 4.69) is 20.8 Å². The van der Waals surface area contributed by atoms with Gasteiger partial charge in [-0.15, -0.1) is 0 Å². The van der Waals surface area contributed by atoms with Crippen molar-refractivity contribution in [2.75, 3.05) is 19.6 Å².